The molecule has 0 heterocycles. The zero-order chi connectivity index (χ0) is 22.6. The summed E-state index contributed by atoms with van der Waals surface area (Å²) in [6.07, 6.45) is 1.28. The van der Waals surface area contributed by atoms with E-state index in [1.165, 1.54) is 18.6 Å². The Labute approximate surface area is 187 Å². The van der Waals surface area contributed by atoms with Gasteiger partial charge in [0.25, 0.3) is 0 Å². The van der Waals surface area contributed by atoms with E-state index in [1.807, 2.05) is 50.2 Å². The van der Waals surface area contributed by atoms with Crippen molar-refractivity contribution in [3.8, 4) is 6.07 Å². The minimum atomic E-state index is -0.201. The number of amides is 1. The van der Waals surface area contributed by atoms with Gasteiger partial charge in [-0.25, -0.2) is 4.40 Å². The molecule has 0 fully saturated rings. The minimum absolute atomic E-state index is 0.201. The van der Waals surface area contributed by atoms with Gasteiger partial charge in [-0.2, -0.15) is 5.26 Å². The Kier molecular flexibility index (Phi) is 9.46. The van der Waals surface area contributed by atoms with Crippen LogP contribution in [0, 0.1) is 11.3 Å². The van der Waals surface area contributed by atoms with Crippen molar-refractivity contribution in [3.63, 3.8) is 0 Å². The molecule has 0 atom stereocenters. The first-order valence-electron chi connectivity index (χ1n) is 9.83. The number of carbonyl (C=O) groups is 1. The summed E-state index contributed by atoms with van der Waals surface area (Å²) >= 11 is 1.08. The Morgan fingerprint density at radius 2 is 1.94 bits per heavy atom. The number of carbonyl (C=O) groups excluding carboxylic acids is 1. The number of nitrogens with zero attached hydrogens (tertiary/aromatic N) is 5. The number of rotatable bonds is 9. The smallest absolute Gasteiger partial charge is 0.221 e. The van der Waals surface area contributed by atoms with E-state index in [0.29, 0.717) is 16.4 Å². The highest BCUT2D eigenvalue weighted by molar-refractivity contribution is 8.01. The lowest BCUT2D eigenvalue weighted by Crippen LogP contribution is -2.22. The molecule has 160 valence electrons. The summed E-state index contributed by atoms with van der Waals surface area (Å²) in [5.41, 5.74) is 4.06. The molecule has 2 aromatic carbocycles. The number of anilines is 2. The summed E-state index contributed by atoms with van der Waals surface area (Å²) in [6.45, 7) is 8.80. The molecule has 0 saturated heterocycles. The Hall–Kier alpha value is -3.44. The van der Waals surface area contributed by atoms with E-state index >= 15 is 0 Å². The zero-order valence-electron chi connectivity index (χ0n) is 18.2. The molecule has 8 heteroatoms. The van der Waals surface area contributed by atoms with Crippen molar-refractivity contribution in [3.05, 3.63) is 65.2 Å². The van der Waals surface area contributed by atoms with Crippen LogP contribution in [0.15, 0.2) is 74.3 Å². The normalized spacial score (nSPS) is 11.1. The molecule has 1 N–H and O–H groups in total. The average Bonchev–Trinajstić information content (AvgIpc) is 2.75. The molecule has 1 amide bonds. The lowest BCUT2D eigenvalue weighted by Gasteiger charge is -2.24. The van der Waals surface area contributed by atoms with Crippen molar-refractivity contribution in [1.82, 2.24) is 0 Å². The Morgan fingerprint density at radius 3 is 2.55 bits per heavy atom. The van der Waals surface area contributed by atoms with Crippen molar-refractivity contribution < 1.29 is 4.79 Å². The van der Waals surface area contributed by atoms with Crippen LogP contribution in [0.2, 0.25) is 0 Å². The van der Waals surface area contributed by atoms with Gasteiger partial charge in [-0.3, -0.25) is 4.79 Å². The van der Waals surface area contributed by atoms with E-state index in [2.05, 4.69) is 43.9 Å². The molecular weight excluding hydrogens is 408 g/mol. The highest BCUT2D eigenvalue weighted by Crippen LogP contribution is 2.32. The highest BCUT2D eigenvalue weighted by atomic mass is 32.2. The van der Waals surface area contributed by atoms with Crippen LogP contribution >= 0.6 is 11.9 Å². The predicted octanol–water partition coefficient (Wildman–Crippen LogP) is 6.25. The van der Waals surface area contributed by atoms with Gasteiger partial charge >= 0.3 is 0 Å². The Morgan fingerprint density at radius 1 is 1.19 bits per heavy atom. The number of hydrogen-bond acceptors (Lipinski definition) is 7. The van der Waals surface area contributed by atoms with Gasteiger partial charge in [0.2, 0.25) is 5.91 Å². The summed E-state index contributed by atoms with van der Waals surface area (Å²) in [5.74, 6) is -0.201. The van der Waals surface area contributed by atoms with Crippen LogP contribution in [0.4, 0.5) is 17.1 Å². The van der Waals surface area contributed by atoms with Crippen LogP contribution in [0.25, 0.3) is 0 Å². The molecule has 0 saturated carbocycles. The van der Waals surface area contributed by atoms with Crippen molar-refractivity contribution in [2.24, 2.45) is 14.6 Å². The molecule has 0 aliphatic heterocycles. The second-order valence-corrected chi connectivity index (χ2v) is 7.61. The van der Waals surface area contributed by atoms with Gasteiger partial charge in [-0.1, -0.05) is 30.3 Å². The monoisotopic (exact) mass is 434 g/mol. The number of allylic oxidation sites excluding steroid dienone is 1. The van der Waals surface area contributed by atoms with Gasteiger partial charge < -0.3 is 10.2 Å². The number of azo groups is 1. The maximum atomic E-state index is 11.8. The third-order valence-corrected chi connectivity index (χ3v) is 4.86. The van der Waals surface area contributed by atoms with Crippen LogP contribution in [-0.4, -0.2) is 18.2 Å². The molecule has 31 heavy (non-hydrogen) atoms. The van der Waals surface area contributed by atoms with E-state index in [0.717, 1.165) is 36.4 Å². The van der Waals surface area contributed by atoms with Gasteiger partial charge in [-0.15, -0.1) is 10.2 Å². The maximum Gasteiger partial charge on any atom is 0.221 e. The van der Waals surface area contributed by atoms with E-state index in [-0.39, 0.29) is 5.91 Å². The third kappa shape index (κ3) is 8.07. The summed E-state index contributed by atoms with van der Waals surface area (Å²) in [7, 11) is 0. The first-order valence-corrected chi connectivity index (χ1v) is 10.6. The quantitative estimate of drug-likeness (QED) is 0.218. The predicted molar refractivity (Wildman–Crippen MR) is 128 cm³/mol. The zero-order valence-corrected chi connectivity index (χ0v) is 19.0. The molecule has 0 spiro atoms. The fourth-order valence-corrected chi connectivity index (χ4v) is 3.12. The number of hydrogen-bond donors (Lipinski definition) is 1. The van der Waals surface area contributed by atoms with Gasteiger partial charge in [0, 0.05) is 43.4 Å². The highest BCUT2D eigenvalue weighted by Gasteiger charge is 2.11. The molecular formula is C23H26N6OS. The topological polar surface area (TPSA) is 93.2 Å². The summed E-state index contributed by atoms with van der Waals surface area (Å²) in [6, 6.07) is 17.8. The average molecular weight is 435 g/mol. The van der Waals surface area contributed by atoms with Crippen molar-refractivity contribution in [2.75, 3.05) is 16.8 Å². The standard InChI is InChI=1S/C23H26N6OS/c1-5-29(16-19-9-7-6-8-10-19)20-11-12-21(22(15-20)25-18(4)30)26-27-23(13-14-24)31-28-17(2)3/h6-13,15H,5,16H2,1-4H3,(H,25,30)/b23-13+,27-26?. The molecule has 0 aliphatic carbocycles. The Balaban J connectivity index is 2.33. The van der Waals surface area contributed by atoms with Crippen LogP contribution in [-0.2, 0) is 11.3 Å². The van der Waals surface area contributed by atoms with Crippen molar-refractivity contribution >= 4 is 40.6 Å². The SMILES string of the molecule is CCN(Cc1ccccc1)c1ccc(N=N/C(=C\C#N)SN=C(C)C)c(NC(C)=O)c1. The molecule has 0 radical (unpaired) electrons. The fraction of sp³-hybridized carbons (Fsp3) is 0.261. The van der Waals surface area contributed by atoms with Crippen LogP contribution in [0.3, 0.4) is 0 Å². The lowest BCUT2D eigenvalue weighted by atomic mass is 10.1. The lowest BCUT2D eigenvalue weighted by molar-refractivity contribution is -0.114. The first-order chi connectivity index (χ1) is 14.9. The van der Waals surface area contributed by atoms with Gasteiger partial charge in [0.1, 0.15) is 5.69 Å². The van der Waals surface area contributed by atoms with Gasteiger partial charge in [0.05, 0.1) is 17.8 Å². The van der Waals surface area contributed by atoms with Crippen molar-refractivity contribution in [2.45, 2.75) is 34.2 Å². The molecule has 0 bridgehead atoms. The second kappa shape index (κ2) is 12.3. The minimum Gasteiger partial charge on any atom is -0.367 e. The number of nitriles is 1. The van der Waals surface area contributed by atoms with Crippen LogP contribution < -0.4 is 10.2 Å². The molecule has 0 aromatic heterocycles. The second-order valence-electron chi connectivity index (χ2n) is 6.82. The molecule has 0 aliphatic rings. The van der Waals surface area contributed by atoms with Crippen molar-refractivity contribution in [1.29, 1.82) is 5.26 Å². The largest absolute Gasteiger partial charge is 0.367 e. The van der Waals surface area contributed by atoms with Gasteiger partial charge in [-0.05, 0) is 44.5 Å². The third-order valence-electron chi connectivity index (χ3n) is 4.02. The molecule has 2 rings (SSSR count). The van der Waals surface area contributed by atoms with Crippen LogP contribution in [0.5, 0.6) is 0 Å². The Bertz CT molecular complexity index is 1020. The number of nitrogens with one attached hydrogen (secondary N) is 1. The van der Waals surface area contributed by atoms with E-state index in [4.69, 9.17) is 5.26 Å². The molecule has 0 unspecified atom stereocenters. The summed E-state index contributed by atoms with van der Waals surface area (Å²) in [4.78, 5) is 14.0. The fourth-order valence-electron chi connectivity index (χ4n) is 2.66. The molecule has 2 aromatic rings. The van der Waals surface area contributed by atoms with E-state index in [9.17, 15) is 4.79 Å². The number of benzene rings is 2. The first kappa shape index (κ1) is 23.8. The van der Waals surface area contributed by atoms with E-state index in [1.54, 1.807) is 6.07 Å². The maximum absolute atomic E-state index is 11.8. The van der Waals surface area contributed by atoms with E-state index < -0.39 is 0 Å². The summed E-state index contributed by atoms with van der Waals surface area (Å²) < 4.78 is 4.20. The van der Waals surface area contributed by atoms with Gasteiger partial charge in [0.15, 0.2) is 5.03 Å². The van der Waals surface area contributed by atoms with Crippen LogP contribution in [0.1, 0.15) is 33.3 Å². The molecule has 7 nitrogen and oxygen atoms in total. The summed E-state index contributed by atoms with van der Waals surface area (Å²) in [5, 5.41) is 20.5.